The number of hydrogen-bond donors (Lipinski definition) is 4. The topological polar surface area (TPSA) is 98.0 Å². The highest BCUT2D eigenvalue weighted by Crippen LogP contribution is 2.33. The summed E-state index contributed by atoms with van der Waals surface area (Å²) in [6.07, 6.45) is 2.78. The third-order valence-corrected chi connectivity index (χ3v) is 3.59. The molecule has 1 rings (SSSR count). The fourth-order valence-corrected chi connectivity index (χ4v) is 2.34. The van der Waals surface area contributed by atoms with Crippen LogP contribution < -0.4 is 0 Å². The highest BCUT2D eigenvalue weighted by atomic mass is 16.4. The van der Waals surface area contributed by atoms with Crippen LogP contribution in [0.25, 0.3) is 0 Å². The van der Waals surface area contributed by atoms with Crippen LogP contribution in [0.5, 0.6) is 0 Å². The van der Waals surface area contributed by atoms with E-state index in [9.17, 15) is 20.1 Å². The second-order valence-corrected chi connectivity index (χ2v) is 5.05. The van der Waals surface area contributed by atoms with Gasteiger partial charge in [0.15, 0.2) is 0 Å². The molecule has 0 aromatic rings. The van der Waals surface area contributed by atoms with Crippen LogP contribution in [0.2, 0.25) is 0 Å². The van der Waals surface area contributed by atoms with Crippen molar-refractivity contribution in [3.63, 3.8) is 0 Å². The minimum atomic E-state index is -0.867. The lowest BCUT2D eigenvalue weighted by Gasteiger charge is -2.16. The number of aliphatic hydroxyl groups is 3. The van der Waals surface area contributed by atoms with E-state index in [0.717, 1.165) is 0 Å². The van der Waals surface area contributed by atoms with Crippen molar-refractivity contribution < 1.29 is 25.2 Å². The second kappa shape index (κ2) is 6.87. The number of carboxylic acid groups (broad SMARTS) is 1. The first-order chi connectivity index (χ1) is 8.41. The molecule has 0 aromatic heterocycles. The summed E-state index contributed by atoms with van der Waals surface area (Å²) < 4.78 is 0. The summed E-state index contributed by atoms with van der Waals surface area (Å²) in [4.78, 5) is 10.3. The lowest BCUT2D eigenvalue weighted by Crippen LogP contribution is -2.17. The van der Waals surface area contributed by atoms with Gasteiger partial charge in [-0.15, -0.1) is 0 Å². The Balaban J connectivity index is 2.36. The monoisotopic (exact) mass is 258 g/mol. The Labute approximate surface area is 107 Å². The average Bonchev–Trinajstić information content (AvgIpc) is 2.50. The summed E-state index contributed by atoms with van der Waals surface area (Å²) in [6, 6.07) is 0. The minimum Gasteiger partial charge on any atom is -0.481 e. The van der Waals surface area contributed by atoms with E-state index in [2.05, 4.69) is 0 Å². The van der Waals surface area contributed by atoms with Gasteiger partial charge in [-0.3, -0.25) is 4.79 Å². The molecule has 1 aliphatic rings. The molecule has 104 valence electrons. The second-order valence-electron chi connectivity index (χ2n) is 5.05. The predicted molar refractivity (Wildman–Crippen MR) is 65.9 cm³/mol. The summed E-state index contributed by atoms with van der Waals surface area (Å²) in [5.74, 6) is -1.04. The molecule has 5 heteroatoms. The lowest BCUT2D eigenvalue weighted by atomic mass is 9.94. The van der Waals surface area contributed by atoms with E-state index < -0.39 is 24.3 Å². The van der Waals surface area contributed by atoms with Gasteiger partial charge in [0.25, 0.3) is 0 Å². The van der Waals surface area contributed by atoms with Gasteiger partial charge >= 0.3 is 5.97 Å². The molecule has 5 atom stereocenters. The maximum Gasteiger partial charge on any atom is 0.303 e. The van der Waals surface area contributed by atoms with Crippen LogP contribution in [-0.2, 0) is 4.79 Å². The van der Waals surface area contributed by atoms with Crippen LogP contribution in [0, 0.1) is 11.8 Å². The molecule has 1 aliphatic carbocycles. The number of carbonyl (C=O) groups is 1. The highest BCUT2D eigenvalue weighted by molar-refractivity contribution is 5.66. The van der Waals surface area contributed by atoms with Crippen molar-refractivity contribution in [2.75, 3.05) is 0 Å². The first-order valence-corrected chi connectivity index (χ1v) is 6.36. The number of rotatable bonds is 6. The van der Waals surface area contributed by atoms with Gasteiger partial charge in [0.2, 0.25) is 0 Å². The van der Waals surface area contributed by atoms with Crippen LogP contribution in [0.3, 0.4) is 0 Å². The van der Waals surface area contributed by atoms with E-state index in [0.29, 0.717) is 19.3 Å². The number of carboxylic acids is 1. The van der Waals surface area contributed by atoms with Gasteiger partial charge in [-0.25, -0.2) is 0 Å². The van der Waals surface area contributed by atoms with E-state index in [-0.39, 0.29) is 18.3 Å². The third kappa shape index (κ3) is 4.40. The molecule has 0 radical (unpaired) electrons. The lowest BCUT2D eigenvalue weighted by molar-refractivity contribution is -0.137. The quantitative estimate of drug-likeness (QED) is 0.521. The van der Waals surface area contributed by atoms with Crippen molar-refractivity contribution in [2.45, 2.75) is 50.9 Å². The number of aliphatic carboxylic acids is 1. The van der Waals surface area contributed by atoms with Crippen molar-refractivity contribution in [1.82, 2.24) is 0 Å². The molecule has 5 nitrogen and oxygen atoms in total. The van der Waals surface area contributed by atoms with Crippen molar-refractivity contribution in [3.05, 3.63) is 12.2 Å². The number of aliphatic hydroxyl groups excluding tert-OH is 3. The van der Waals surface area contributed by atoms with Gasteiger partial charge in [-0.1, -0.05) is 19.1 Å². The maximum absolute atomic E-state index is 10.3. The molecule has 0 aromatic carbocycles. The van der Waals surface area contributed by atoms with Crippen LogP contribution in [-0.4, -0.2) is 44.7 Å². The van der Waals surface area contributed by atoms with Crippen LogP contribution >= 0.6 is 0 Å². The molecular weight excluding hydrogens is 236 g/mol. The smallest absolute Gasteiger partial charge is 0.303 e. The summed E-state index contributed by atoms with van der Waals surface area (Å²) >= 11 is 0. The van der Waals surface area contributed by atoms with Gasteiger partial charge < -0.3 is 20.4 Å². The largest absolute Gasteiger partial charge is 0.481 e. The summed E-state index contributed by atoms with van der Waals surface area (Å²) in [5, 5.41) is 37.4. The molecule has 0 heterocycles. The standard InChI is InChI=1S/C13H22O5/c1-8-10(12(16)7-11(8)15)6-5-9(14)3-2-4-13(17)18/h5-6,8-12,14-16H,2-4,7H2,1H3,(H,17,18)/b6-5+/t8-,9?,10+,11-,12+/m1/s1. The molecule has 1 fully saturated rings. The Morgan fingerprint density at radius 2 is 2.06 bits per heavy atom. The molecular formula is C13H22O5. The average molecular weight is 258 g/mol. The summed E-state index contributed by atoms with van der Waals surface area (Å²) in [6.45, 7) is 1.87. The van der Waals surface area contributed by atoms with E-state index in [1.807, 2.05) is 6.92 Å². The van der Waals surface area contributed by atoms with Crippen LogP contribution in [0.4, 0.5) is 0 Å². The first kappa shape index (κ1) is 15.1. The van der Waals surface area contributed by atoms with Crippen LogP contribution in [0.1, 0.15) is 32.6 Å². The Morgan fingerprint density at radius 1 is 1.39 bits per heavy atom. The molecule has 0 amide bonds. The Morgan fingerprint density at radius 3 is 2.56 bits per heavy atom. The highest BCUT2D eigenvalue weighted by Gasteiger charge is 2.37. The van der Waals surface area contributed by atoms with E-state index >= 15 is 0 Å². The zero-order chi connectivity index (χ0) is 13.7. The molecule has 1 unspecified atom stereocenters. The Kier molecular flexibility index (Phi) is 5.78. The third-order valence-electron chi connectivity index (χ3n) is 3.59. The molecule has 18 heavy (non-hydrogen) atoms. The SMILES string of the molecule is C[C@@H]1[C@H](/C=C/C(O)CCCC(=O)O)[C@@H](O)C[C@H]1O. The Bertz CT molecular complexity index is 302. The zero-order valence-corrected chi connectivity index (χ0v) is 10.6. The fraction of sp³-hybridized carbons (Fsp3) is 0.769. The van der Waals surface area contributed by atoms with E-state index in [4.69, 9.17) is 5.11 Å². The summed E-state index contributed by atoms with van der Waals surface area (Å²) in [5.41, 5.74) is 0. The number of hydrogen-bond acceptors (Lipinski definition) is 4. The molecule has 0 bridgehead atoms. The van der Waals surface area contributed by atoms with Crippen molar-refractivity contribution in [1.29, 1.82) is 0 Å². The molecule has 4 N–H and O–H groups in total. The van der Waals surface area contributed by atoms with Gasteiger partial charge in [0, 0.05) is 18.8 Å². The zero-order valence-electron chi connectivity index (χ0n) is 10.6. The van der Waals surface area contributed by atoms with Gasteiger partial charge in [0.05, 0.1) is 18.3 Å². The van der Waals surface area contributed by atoms with E-state index in [1.165, 1.54) is 0 Å². The van der Waals surface area contributed by atoms with Crippen LogP contribution in [0.15, 0.2) is 12.2 Å². The maximum atomic E-state index is 10.3. The molecule has 0 spiro atoms. The molecule has 0 aliphatic heterocycles. The Hall–Kier alpha value is -0.910. The van der Waals surface area contributed by atoms with Crippen molar-refractivity contribution in [3.8, 4) is 0 Å². The fourth-order valence-electron chi connectivity index (χ4n) is 2.34. The molecule has 1 saturated carbocycles. The van der Waals surface area contributed by atoms with Crippen molar-refractivity contribution in [2.24, 2.45) is 11.8 Å². The minimum absolute atomic E-state index is 0.0255. The first-order valence-electron chi connectivity index (χ1n) is 6.36. The van der Waals surface area contributed by atoms with Gasteiger partial charge in [-0.05, 0) is 18.8 Å². The molecule has 0 saturated heterocycles. The summed E-state index contributed by atoms with van der Waals surface area (Å²) in [7, 11) is 0. The van der Waals surface area contributed by atoms with Crippen molar-refractivity contribution >= 4 is 5.97 Å². The predicted octanol–water partition coefficient (Wildman–Crippen LogP) is 0.536. The van der Waals surface area contributed by atoms with E-state index in [1.54, 1.807) is 12.2 Å². The normalized spacial score (nSPS) is 34.0. The van der Waals surface area contributed by atoms with Gasteiger partial charge in [-0.2, -0.15) is 0 Å². The van der Waals surface area contributed by atoms with Gasteiger partial charge in [0.1, 0.15) is 0 Å².